The first-order chi connectivity index (χ1) is 20.8. The summed E-state index contributed by atoms with van der Waals surface area (Å²) < 4.78 is 5.41. The van der Waals surface area contributed by atoms with Gasteiger partial charge < -0.3 is 35.9 Å². The van der Waals surface area contributed by atoms with Crippen LogP contribution in [0.3, 0.4) is 0 Å². The normalized spacial score (nSPS) is 17.6. The molecule has 0 saturated heterocycles. The molecule has 6 N–H and O–H groups in total. The molecule has 1 aromatic carbocycles. The number of rotatable bonds is 14. The number of aliphatic hydroxyl groups excluding tert-OH is 2. The van der Waals surface area contributed by atoms with Gasteiger partial charge in [0.05, 0.1) is 18.5 Å². The van der Waals surface area contributed by atoms with Crippen LogP contribution in [0.5, 0.6) is 0 Å². The number of nitrogens with zero attached hydrogens (tertiary/aromatic N) is 1. The minimum absolute atomic E-state index is 0.0983. The van der Waals surface area contributed by atoms with Crippen molar-refractivity contribution in [3.05, 3.63) is 54.1 Å². The van der Waals surface area contributed by atoms with Crippen molar-refractivity contribution in [2.75, 3.05) is 0 Å². The van der Waals surface area contributed by atoms with Crippen LogP contribution in [-0.4, -0.2) is 74.0 Å². The summed E-state index contributed by atoms with van der Waals surface area (Å²) in [5, 5.41) is 30.4. The average Bonchev–Trinajstić information content (AvgIpc) is 3.48. The minimum atomic E-state index is -1.18. The van der Waals surface area contributed by atoms with Crippen molar-refractivity contribution in [3.63, 3.8) is 0 Å². The van der Waals surface area contributed by atoms with E-state index in [2.05, 4.69) is 25.9 Å². The summed E-state index contributed by atoms with van der Waals surface area (Å²) in [5.74, 6) is -0.962. The number of aliphatic hydroxyl groups is 2. The molecule has 1 fully saturated rings. The lowest BCUT2D eigenvalue weighted by atomic mass is 9.82. The van der Waals surface area contributed by atoms with Gasteiger partial charge >= 0.3 is 6.09 Å². The second-order valence-electron chi connectivity index (χ2n) is 13.3. The Morgan fingerprint density at radius 2 is 1.57 bits per heavy atom. The number of carbonyl (C=O) groups excluding carboxylic acids is 3. The Kier molecular flexibility index (Phi) is 13.2. The third-order valence-electron chi connectivity index (χ3n) is 7.99. The van der Waals surface area contributed by atoms with Crippen LogP contribution in [0, 0.1) is 11.8 Å². The van der Waals surface area contributed by atoms with Gasteiger partial charge in [-0.3, -0.25) is 9.59 Å². The number of H-pyrrole nitrogens is 1. The molecule has 1 aliphatic rings. The zero-order valence-corrected chi connectivity index (χ0v) is 26.7. The molecule has 1 aliphatic carbocycles. The van der Waals surface area contributed by atoms with Crippen molar-refractivity contribution in [2.45, 2.75) is 122 Å². The highest BCUT2D eigenvalue weighted by atomic mass is 16.6. The largest absolute Gasteiger partial charge is 0.444 e. The highest BCUT2D eigenvalue weighted by molar-refractivity contribution is 5.91. The number of benzene rings is 1. The van der Waals surface area contributed by atoms with E-state index in [4.69, 9.17) is 4.74 Å². The van der Waals surface area contributed by atoms with Crippen LogP contribution in [0.15, 0.2) is 42.9 Å². The Labute approximate surface area is 261 Å². The number of nitrogens with one attached hydrogen (secondary N) is 4. The van der Waals surface area contributed by atoms with Gasteiger partial charge in [0.2, 0.25) is 11.8 Å². The van der Waals surface area contributed by atoms with Crippen molar-refractivity contribution in [3.8, 4) is 0 Å². The maximum atomic E-state index is 13.9. The number of aromatic nitrogens is 2. The van der Waals surface area contributed by atoms with Crippen LogP contribution in [0.2, 0.25) is 0 Å². The molecule has 0 spiro atoms. The van der Waals surface area contributed by atoms with E-state index >= 15 is 0 Å². The predicted molar refractivity (Wildman–Crippen MR) is 168 cm³/mol. The monoisotopic (exact) mass is 613 g/mol. The first-order valence-electron chi connectivity index (χ1n) is 15.8. The van der Waals surface area contributed by atoms with Gasteiger partial charge in [-0.2, -0.15) is 0 Å². The van der Waals surface area contributed by atoms with Gasteiger partial charge in [-0.25, -0.2) is 9.78 Å². The molecule has 5 atom stereocenters. The second kappa shape index (κ2) is 16.6. The Hall–Kier alpha value is -3.44. The number of imidazole rings is 1. The van der Waals surface area contributed by atoms with E-state index in [9.17, 15) is 24.6 Å². The summed E-state index contributed by atoms with van der Waals surface area (Å²) in [6, 6.07) is 6.45. The molecule has 1 heterocycles. The fourth-order valence-electron chi connectivity index (χ4n) is 5.59. The van der Waals surface area contributed by atoms with Gasteiger partial charge in [-0.15, -0.1) is 0 Å². The van der Waals surface area contributed by atoms with E-state index in [1.54, 1.807) is 27.0 Å². The van der Waals surface area contributed by atoms with Gasteiger partial charge in [0.15, 0.2) is 0 Å². The van der Waals surface area contributed by atoms with Crippen molar-refractivity contribution in [1.82, 2.24) is 25.9 Å². The molecule has 244 valence electrons. The molecule has 11 nitrogen and oxygen atoms in total. The molecule has 1 aromatic heterocycles. The number of carbonyl (C=O) groups is 3. The van der Waals surface area contributed by atoms with Crippen LogP contribution in [0.1, 0.15) is 84.4 Å². The Bertz CT molecular complexity index is 1160. The van der Waals surface area contributed by atoms with Crippen LogP contribution in [0.25, 0.3) is 0 Å². The topological polar surface area (TPSA) is 166 Å². The zero-order chi connectivity index (χ0) is 32.3. The fourth-order valence-corrected chi connectivity index (χ4v) is 5.59. The molecule has 3 amide bonds. The van der Waals surface area contributed by atoms with E-state index in [0.717, 1.165) is 31.2 Å². The molecule has 1 saturated carbocycles. The molecule has 0 radical (unpaired) electrons. The van der Waals surface area contributed by atoms with Crippen molar-refractivity contribution >= 4 is 17.9 Å². The molecule has 11 heteroatoms. The maximum Gasteiger partial charge on any atom is 0.408 e. The van der Waals surface area contributed by atoms with E-state index in [1.807, 2.05) is 44.2 Å². The van der Waals surface area contributed by atoms with E-state index < -0.39 is 53.8 Å². The lowest BCUT2D eigenvalue weighted by Gasteiger charge is -2.34. The molecular formula is C33H51N5O6. The SMILES string of the molecule is CC(C)[C@H](O)[C@H](O)[C@H](CC1CCCCC1)NC(=O)[C@H](Cc1cnc[nH]1)NC(=O)[C@H](Cc1ccccc1)NC(=O)OC(C)(C)C. The summed E-state index contributed by atoms with van der Waals surface area (Å²) >= 11 is 0. The summed E-state index contributed by atoms with van der Waals surface area (Å²) in [6.45, 7) is 8.84. The highest BCUT2D eigenvalue weighted by Crippen LogP contribution is 2.29. The first kappa shape index (κ1) is 35.0. The average molecular weight is 614 g/mol. The Morgan fingerprint density at radius 1 is 0.932 bits per heavy atom. The second-order valence-corrected chi connectivity index (χ2v) is 13.3. The standard InChI is InChI=1S/C33H51N5O6/c1-21(2)28(39)29(40)25(16-22-12-8-6-9-13-22)36-31(42)27(18-24-19-34-20-35-24)37-30(41)26(17-23-14-10-7-11-15-23)38-32(43)44-33(3,4)5/h7,10-11,14-15,19-22,25-29,39-40H,6,8-9,12-13,16-18H2,1-5H3,(H,34,35)(H,36,42)(H,37,41)(H,38,43)/t25-,26-,27-,28-,29+/m0/s1. The molecule has 0 bridgehead atoms. The number of amides is 3. The third kappa shape index (κ3) is 11.6. The summed E-state index contributed by atoms with van der Waals surface area (Å²) in [6.07, 6.45) is 6.28. The van der Waals surface area contributed by atoms with Crippen molar-refractivity contribution < 1.29 is 29.3 Å². The maximum absolute atomic E-state index is 13.9. The minimum Gasteiger partial charge on any atom is -0.444 e. The summed E-state index contributed by atoms with van der Waals surface area (Å²) in [5.41, 5.74) is 0.670. The predicted octanol–water partition coefficient (Wildman–Crippen LogP) is 3.41. The van der Waals surface area contributed by atoms with Gasteiger partial charge in [-0.1, -0.05) is 76.3 Å². The fraction of sp³-hybridized carbons (Fsp3) is 0.636. The molecule has 3 rings (SSSR count). The quantitative estimate of drug-likeness (QED) is 0.190. The first-order valence-corrected chi connectivity index (χ1v) is 15.8. The van der Waals surface area contributed by atoms with Crippen molar-refractivity contribution in [1.29, 1.82) is 0 Å². The van der Waals surface area contributed by atoms with E-state index in [0.29, 0.717) is 18.0 Å². The number of aromatic amines is 1. The van der Waals surface area contributed by atoms with Crippen LogP contribution < -0.4 is 16.0 Å². The molecule has 0 unspecified atom stereocenters. The number of hydrogen-bond acceptors (Lipinski definition) is 7. The molecular weight excluding hydrogens is 562 g/mol. The summed E-state index contributed by atoms with van der Waals surface area (Å²) in [7, 11) is 0. The lowest BCUT2D eigenvalue weighted by molar-refractivity contribution is -0.131. The molecule has 44 heavy (non-hydrogen) atoms. The Morgan fingerprint density at radius 3 is 2.16 bits per heavy atom. The molecule has 0 aliphatic heterocycles. The van der Waals surface area contributed by atoms with E-state index in [-0.39, 0.29) is 18.8 Å². The summed E-state index contributed by atoms with van der Waals surface area (Å²) in [4.78, 5) is 47.4. The lowest BCUT2D eigenvalue weighted by Crippen LogP contribution is -2.59. The molecule has 2 aromatic rings. The van der Waals surface area contributed by atoms with Gasteiger partial charge in [0.25, 0.3) is 0 Å². The van der Waals surface area contributed by atoms with Crippen molar-refractivity contribution in [2.24, 2.45) is 11.8 Å². The number of alkyl carbamates (subject to hydrolysis) is 1. The van der Waals surface area contributed by atoms with Crippen LogP contribution in [-0.2, 0) is 27.2 Å². The third-order valence-corrected chi connectivity index (χ3v) is 7.99. The zero-order valence-electron chi connectivity index (χ0n) is 26.7. The number of hydrogen-bond donors (Lipinski definition) is 6. The van der Waals surface area contributed by atoms with Gasteiger partial charge in [-0.05, 0) is 44.6 Å². The van der Waals surface area contributed by atoms with Gasteiger partial charge in [0.1, 0.15) is 23.8 Å². The smallest absolute Gasteiger partial charge is 0.408 e. The van der Waals surface area contributed by atoms with Crippen LogP contribution in [0.4, 0.5) is 4.79 Å². The highest BCUT2D eigenvalue weighted by Gasteiger charge is 2.35. The Balaban J connectivity index is 1.83. The van der Waals surface area contributed by atoms with Crippen LogP contribution >= 0.6 is 0 Å². The number of ether oxygens (including phenoxy) is 1. The van der Waals surface area contributed by atoms with E-state index in [1.165, 1.54) is 12.7 Å². The van der Waals surface area contributed by atoms with Gasteiger partial charge in [0, 0.05) is 24.7 Å².